The number of carbonyl (C=O) groups is 2. The van der Waals surface area contributed by atoms with E-state index in [2.05, 4.69) is 10.6 Å². The van der Waals surface area contributed by atoms with Crippen LogP contribution in [0.25, 0.3) is 0 Å². The van der Waals surface area contributed by atoms with Crippen LogP contribution in [0, 0.1) is 0 Å². The van der Waals surface area contributed by atoms with Crippen molar-refractivity contribution in [2.75, 3.05) is 22.4 Å². The van der Waals surface area contributed by atoms with Gasteiger partial charge in [0, 0.05) is 19.0 Å². The number of nitrogens with one attached hydrogen (secondary N) is 2. The molecule has 8 nitrogen and oxygen atoms in total. The fourth-order valence-corrected chi connectivity index (χ4v) is 4.15. The quantitative estimate of drug-likeness (QED) is 0.756. The third-order valence-corrected chi connectivity index (χ3v) is 5.72. The lowest BCUT2D eigenvalue weighted by molar-refractivity contribution is -0.122. The predicted octanol–water partition coefficient (Wildman–Crippen LogP) is 2.38. The number of benzene rings is 2. The third-order valence-electron chi connectivity index (χ3n) is 4.54. The van der Waals surface area contributed by atoms with Gasteiger partial charge in [0.2, 0.25) is 10.0 Å². The Balaban J connectivity index is 1.84. The maximum atomic E-state index is 12.9. The Bertz CT molecular complexity index is 1050. The molecule has 2 N–H and O–H groups in total. The molecule has 1 atom stereocenters. The molecule has 9 heteroatoms. The average molecular weight is 432 g/mol. The SMILES string of the molecule is CC(C)NC(=O)c1ccccc1NC(=O)[C@@H]1CCN(S(C)(=O)=O)c2ccccc2O1. The van der Waals surface area contributed by atoms with E-state index in [1.54, 1.807) is 48.5 Å². The Morgan fingerprint density at radius 2 is 1.77 bits per heavy atom. The first kappa shape index (κ1) is 21.6. The van der Waals surface area contributed by atoms with Crippen LogP contribution < -0.4 is 19.7 Å². The molecule has 0 fully saturated rings. The van der Waals surface area contributed by atoms with Crippen molar-refractivity contribution < 1.29 is 22.7 Å². The molecule has 0 saturated heterocycles. The summed E-state index contributed by atoms with van der Waals surface area (Å²) in [5.74, 6) is -0.437. The fraction of sp³-hybridized carbons (Fsp3) is 0.333. The monoisotopic (exact) mass is 431 g/mol. The number of hydrogen-bond acceptors (Lipinski definition) is 5. The van der Waals surface area contributed by atoms with E-state index in [1.165, 1.54) is 4.31 Å². The summed E-state index contributed by atoms with van der Waals surface area (Å²) in [5.41, 5.74) is 1.10. The van der Waals surface area contributed by atoms with Crippen LogP contribution in [0.2, 0.25) is 0 Å². The van der Waals surface area contributed by atoms with Gasteiger partial charge in [0.25, 0.3) is 11.8 Å². The maximum absolute atomic E-state index is 12.9. The van der Waals surface area contributed by atoms with Crippen molar-refractivity contribution in [2.24, 2.45) is 0 Å². The summed E-state index contributed by atoms with van der Waals surface area (Å²) in [6.45, 7) is 3.80. The maximum Gasteiger partial charge on any atom is 0.265 e. The second kappa shape index (κ2) is 8.74. The minimum atomic E-state index is -3.53. The minimum Gasteiger partial charge on any atom is -0.478 e. The summed E-state index contributed by atoms with van der Waals surface area (Å²) >= 11 is 0. The van der Waals surface area contributed by atoms with Crippen molar-refractivity contribution in [3.63, 3.8) is 0 Å². The van der Waals surface area contributed by atoms with Crippen LogP contribution in [-0.4, -0.2) is 45.2 Å². The molecule has 2 aromatic carbocycles. The molecule has 1 aliphatic rings. The van der Waals surface area contributed by atoms with Gasteiger partial charge in [-0.3, -0.25) is 13.9 Å². The summed E-state index contributed by atoms with van der Waals surface area (Å²) in [6, 6.07) is 13.3. The van der Waals surface area contributed by atoms with Crippen molar-refractivity contribution in [1.29, 1.82) is 0 Å². The molecule has 0 spiro atoms. The fourth-order valence-electron chi connectivity index (χ4n) is 3.20. The van der Waals surface area contributed by atoms with Crippen LogP contribution in [0.1, 0.15) is 30.6 Å². The Morgan fingerprint density at radius 3 is 2.47 bits per heavy atom. The summed E-state index contributed by atoms with van der Waals surface area (Å²) < 4.78 is 31.5. The second-order valence-corrected chi connectivity index (χ2v) is 9.27. The Hall–Kier alpha value is -3.07. The highest BCUT2D eigenvalue weighted by atomic mass is 32.2. The first-order valence-electron chi connectivity index (χ1n) is 9.61. The van der Waals surface area contributed by atoms with Crippen molar-refractivity contribution in [2.45, 2.75) is 32.4 Å². The molecule has 1 aliphatic heterocycles. The predicted molar refractivity (Wildman–Crippen MR) is 115 cm³/mol. The lowest BCUT2D eigenvalue weighted by Crippen LogP contribution is -2.36. The van der Waals surface area contributed by atoms with E-state index in [1.807, 2.05) is 13.8 Å². The standard InChI is InChI=1S/C21H25N3O5S/c1-14(2)22-20(25)15-8-4-5-9-16(15)23-21(26)19-12-13-24(30(3,27)28)17-10-6-7-11-18(17)29-19/h4-11,14,19H,12-13H2,1-3H3,(H,22,25)(H,23,26)/t19-/m0/s1. The highest BCUT2D eigenvalue weighted by Gasteiger charge is 2.31. The Morgan fingerprint density at radius 1 is 1.10 bits per heavy atom. The first-order chi connectivity index (χ1) is 14.2. The molecule has 3 rings (SSSR count). The zero-order valence-electron chi connectivity index (χ0n) is 17.1. The van der Waals surface area contributed by atoms with Gasteiger partial charge in [-0.1, -0.05) is 24.3 Å². The van der Waals surface area contributed by atoms with Crippen LogP contribution in [0.5, 0.6) is 5.75 Å². The number of amides is 2. The van der Waals surface area contributed by atoms with Crippen LogP contribution >= 0.6 is 0 Å². The van der Waals surface area contributed by atoms with Crippen LogP contribution in [-0.2, 0) is 14.8 Å². The van der Waals surface area contributed by atoms with Gasteiger partial charge < -0.3 is 15.4 Å². The number of fused-ring (bicyclic) bond motifs is 1. The van der Waals surface area contributed by atoms with E-state index in [4.69, 9.17) is 4.74 Å². The Kier molecular flexibility index (Phi) is 6.31. The number of rotatable bonds is 5. The number of hydrogen-bond donors (Lipinski definition) is 2. The third kappa shape index (κ3) is 4.91. The molecule has 0 radical (unpaired) electrons. The molecule has 0 aliphatic carbocycles. The number of carbonyl (C=O) groups excluding carboxylic acids is 2. The molecular formula is C21H25N3O5S. The van der Waals surface area contributed by atoms with Gasteiger partial charge in [0.05, 0.1) is 23.2 Å². The van der Waals surface area contributed by atoms with Gasteiger partial charge in [0.15, 0.2) is 6.10 Å². The van der Waals surface area contributed by atoms with Gasteiger partial charge in [-0.05, 0) is 38.1 Å². The number of ether oxygens (including phenoxy) is 1. The molecule has 1 heterocycles. The number of para-hydroxylation sites is 3. The molecule has 30 heavy (non-hydrogen) atoms. The van der Waals surface area contributed by atoms with Crippen molar-refractivity contribution in [1.82, 2.24) is 5.32 Å². The Labute approximate surface area is 176 Å². The van der Waals surface area contributed by atoms with Crippen LogP contribution in [0.4, 0.5) is 11.4 Å². The summed E-state index contributed by atoms with van der Waals surface area (Å²) in [4.78, 5) is 25.4. The van der Waals surface area contributed by atoms with Crippen LogP contribution in [0.3, 0.4) is 0 Å². The number of nitrogens with zero attached hydrogens (tertiary/aromatic N) is 1. The molecule has 160 valence electrons. The zero-order chi connectivity index (χ0) is 21.9. The molecule has 0 unspecified atom stereocenters. The van der Waals surface area contributed by atoms with E-state index in [0.717, 1.165) is 6.26 Å². The molecule has 0 bridgehead atoms. The molecule has 0 aromatic heterocycles. The van der Waals surface area contributed by atoms with Gasteiger partial charge >= 0.3 is 0 Å². The summed E-state index contributed by atoms with van der Waals surface area (Å²) in [5, 5.41) is 5.56. The molecular weight excluding hydrogens is 406 g/mol. The van der Waals surface area contributed by atoms with E-state index < -0.39 is 22.0 Å². The van der Waals surface area contributed by atoms with Crippen molar-refractivity contribution in [3.05, 3.63) is 54.1 Å². The number of sulfonamides is 1. The minimum absolute atomic E-state index is 0.0510. The van der Waals surface area contributed by atoms with Gasteiger partial charge in [-0.2, -0.15) is 0 Å². The highest BCUT2D eigenvalue weighted by molar-refractivity contribution is 7.92. The topological polar surface area (TPSA) is 105 Å². The van der Waals surface area contributed by atoms with Gasteiger partial charge in [-0.25, -0.2) is 8.42 Å². The highest BCUT2D eigenvalue weighted by Crippen LogP contribution is 2.34. The van der Waals surface area contributed by atoms with E-state index in [0.29, 0.717) is 22.7 Å². The molecule has 2 aromatic rings. The molecule has 2 amide bonds. The largest absolute Gasteiger partial charge is 0.478 e. The van der Waals surface area contributed by atoms with E-state index in [-0.39, 0.29) is 24.9 Å². The van der Waals surface area contributed by atoms with Gasteiger partial charge in [0.1, 0.15) is 5.75 Å². The normalized spacial score (nSPS) is 16.3. The average Bonchev–Trinajstić information content (AvgIpc) is 2.87. The van der Waals surface area contributed by atoms with E-state index in [9.17, 15) is 18.0 Å². The summed E-state index contributed by atoms with van der Waals surface area (Å²) in [7, 11) is -3.53. The van der Waals surface area contributed by atoms with Crippen LogP contribution in [0.15, 0.2) is 48.5 Å². The smallest absolute Gasteiger partial charge is 0.265 e. The zero-order valence-corrected chi connectivity index (χ0v) is 17.9. The van der Waals surface area contributed by atoms with Crippen molar-refractivity contribution >= 4 is 33.2 Å². The number of anilines is 2. The van der Waals surface area contributed by atoms with Crippen molar-refractivity contribution in [3.8, 4) is 5.75 Å². The first-order valence-corrected chi connectivity index (χ1v) is 11.5. The van der Waals surface area contributed by atoms with E-state index >= 15 is 0 Å². The van der Waals surface area contributed by atoms with Gasteiger partial charge in [-0.15, -0.1) is 0 Å². The molecule has 0 saturated carbocycles. The lowest BCUT2D eigenvalue weighted by atomic mass is 10.1. The second-order valence-electron chi connectivity index (χ2n) is 7.36. The lowest BCUT2D eigenvalue weighted by Gasteiger charge is -2.20. The summed E-state index contributed by atoms with van der Waals surface area (Å²) in [6.07, 6.45) is 0.362.